The van der Waals surface area contributed by atoms with Gasteiger partial charge in [0.25, 0.3) is 5.91 Å². The minimum Gasteiger partial charge on any atom is -0.372 e. The fraction of sp³-hybridized carbons (Fsp3) is 0.440. The molecule has 2 aliphatic rings. The third kappa shape index (κ3) is 5.59. The molecule has 0 saturated carbocycles. The minimum atomic E-state index is -3.75. The zero-order valence-corrected chi connectivity index (χ0v) is 20.4. The summed E-state index contributed by atoms with van der Waals surface area (Å²) in [5.74, 6) is -0.420. The first kappa shape index (κ1) is 24.2. The van der Waals surface area contributed by atoms with Crippen molar-refractivity contribution in [3.8, 4) is 0 Å². The molecule has 2 saturated heterocycles. The van der Waals surface area contributed by atoms with E-state index in [-0.39, 0.29) is 35.4 Å². The van der Waals surface area contributed by atoms with Crippen LogP contribution in [0.2, 0.25) is 0 Å². The van der Waals surface area contributed by atoms with Gasteiger partial charge in [0.2, 0.25) is 15.9 Å². The van der Waals surface area contributed by atoms with Crippen LogP contribution in [0.3, 0.4) is 0 Å². The number of benzene rings is 2. The van der Waals surface area contributed by atoms with Gasteiger partial charge < -0.3 is 15.1 Å². The SMILES string of the molecule is CC(=O)N1CCN(S(=O)(=O)c2cccc(C(=O)Nc3ccc(N4CCCCCC4)cc3)c2)CC1. The number of nitrogens with zero attached hydrogens (tertiary/aromatic N) is 3. The highest BCUT2D eigenvalue weighted by Gasteiger charge is 2.29. The van der Waals surface area contributed by atoms with Crippen LogP contribution in [0.4, 0.5) is 11.4 Å². The van der Waals surface area contributed by atoms with Crippen molar-refractivity contribution < 1.29 is 18.0 Å². The molecule has 0 unspecified atom stereocenters. The molecule has 2 amide bonds. The van der Waals surface area contributed by atoms with E-state index in [0.29, 0.717) is 18.8 Å². The standard InChI is InChI=1S/C25H32N4O4S/c1-20(30)27-15-17-29(18-16-27)34(32,33)24-8-6-7-21(19-24)25(31)26-22-9-11-23(12-10-22)28-13-4-2-3-5-14-28/h6-12,19H,2-5,13-18H2,1H3,(H,26,31). The van der Waals surface area contributed by atoms with Gasteiger partial charge in [-0.25, -0.2) is 8.42 Å². The Labute approximate surface area is 201 Å². The van der Waals surface area contributed by atoms with Crippen LogP contribution in [0.15, 0.2) is 53.4 Å². The quantitative estimate of drug-likeness (QED) is 0.704. The minimum absolute atomic E-state index is 0.0600. The monoisotopic (exact) mass is 484 g/mol. The lowest BCUT2D eigenvalue weighted by Gasteiger charge is -2.33. The third-order valence-electron chi connectivity index (χ3n) is 6.51. The lowest BCUT2D eigenvalue weighted by atomic mass is 10.2. The van der Waals surface area contributed by atoms with E-state index < -0.39 is 10.0 Å². The first-order valence-corrected chi connectivity index (χ1v) is 13.3. The van der Waals surface area contributed by atoms with Gasteiger partial charge in [-0.2, -0.15) is 4.31 Å². The molecule has 8 nitrogen and oxygen atoms in total. The highest BCUT2D eigenvalue weighted by molar-refractivity contribution is 7.89. The lowest BCUT2D eigenvalue weighted by molar-refractivity contribution is -0.129. The first-order chi connectivity index (χ1) is 16.3. The van der Waals surface area contributed by atoms with Crippen LogP contribution in [0.25, 0.3) is 0 Å². The summed E-state index contributed by atoms with van der Waals surface area (Å²) >= 11 is 0. The highest BCUT2D eigenvalue weighted by Crippen LogP contribution is 2.23. The molecule has 0 radical (unpaired) electrons. The second kappa shape index (κ2) is 10.6. The molecule has 2 heterocycles. The van der Waals surface area contributed by atoms with Crippen LogP contribution in [0.5, 0.6) is 0 Å². The highest BCUT2D eigenvalue weighted by atomic mass is 32.2. The molecular weight excluding hydrogens is 452 g/mol. The topological polar surface area (TPSA) is 90.0 Å². The van der Waals surface area contributed by atoms with Crippen molar-refractivity contribution in [3.63, 3.8) is 0 Å². The summed E-state index contributed by atoms with van der Waals surface area (Å²) in [5.41, 5.74) is 2.09. The summed E-state index contributed by atoms with van der Waals surface area (Å²) in [7, 11) is -3.75. The molecule has 2 fully saturated rings. The number of nitrogens with one attached hydrogen (secondary N) is 1. The molecular formula is C25H32N4O4S. The molecule has 0 aliphatic carbocycles. The van der Waals surface area contributed by atoms with E-state index in [4.69, 9.17) is 0 Å². The maximum Gasteiger partial charge on any atom is 0.255 e. The molecule has 1 N–H and O–H groups in total. The van der Waals surface area contributed by atoms with Gasteiger partial charge in [-0.1, -0.05) is 18.9 Å². The Morgan fingerprint density at radius 1 is 0.824 bits per heavy atom. The molecule has 2 aliphatic heterocycles. The molecule has 0 aromatic heterocycles. The number of piperazine rings is 1. The van der Waals surface area contributed by atoms with E-state index in [0.717, 1.165) is 18.8 Å². The Morgan fingerprint density at radius 2 is 1.47 bits per heavy atom. The molecule has 9 heteroatoms. The maximum atomic E-state index is 13.1. The maximum absolute atomic E-state index is 13.1. The van der Waals surface area contributed by atoms with Gasteiger partial charge in [0.05, 0.1) is 4.90 Å². The number of carbonyl (C=O) groups excluding carboxylic acids is 2. The Hall–Kier alpha value is -2.91. The van der Waals surface area contributed by atoms with Crippen molar-refractivity contribution in [2.75, 3.05) is 49.5 Å². The fourth-order valence-electron chi connectivity index (χ4n) is 4.48. The Kier molecular flexibility index (Phi) is 7.53. The number of anilines is 2. The second-order valence-corrected chi connectivity index (χ2v) is 10.8. The van der Waals surface area contributed by atoms with Crippen LogP contribution >= 0.6 is 0 Å². The number of hydrogen-bond acceptors (Lipinski definition) is 5. The van der Waals surface area contributed by atoms with E-state index in [1.165, 1.54) is 49.0 Å². The predicted octanol–water partition coefficient (Wildman–Crippen LogP) is 3.17. The number of amides is 2. The van der Waals surface area contributed by atoms with Crippen molar-refractivity contribution in [1.29, 1.82) is 0 Å². The summed E-state index contributed by atoms with van der Waals surface area (Å²) in [6.45, 7) is 4.79. The van der Waals surface area contributed by atoms with E-state index >= 15 is 0 Å². The average molecular weight is 485 g/mol. The zero-order chi connectivity index (χ0) is 24.1. The number of hydrogen-bond donors (Lipinski definition) is 1. The average Bonchev–Trinajstić information content (AvgIpc) is 3.14. The van der Waals surface area contributed by atoms with Crippen LogP contribution in [0.1, 0.15) is 43.0 Å². The summed E-state index contributed by atoms with van der Waals surface area (Å²) in [6.07, 6.45) is 4.94. The predicted molar refractivity (Wildman–Crippen MR) is 133 cm³/mol. The van der Waals surface area contributed by atoms with E-state index in [1.54, 1.807) is 17.0 Å². The van der Waals surface area contributed by atoms with Crippen LogP contribution in [0, 0.1) is 0 Å². The van der Waals surface area contributed by atoms with Crippen LogP contribution in [-0.2, 0) is 14.8 Å². The molecule has 2 aromatic carbocycles. The summed E-state index contributed by atoms with van der Waals surface area (Å²) < 4.78 is 27.6. The number of carbonyl (C=O) groups is 2. The number of rotatable bonds is 5. The van der Waals surface area contributed by atoms with E-state index in [9.17, 15) is 18.0 Å². The molecule has 4 rings (SSSR count). The summed E-state index contributed by atoms with van der Waals surface area (Å²) in [5, 5.41) is 2.87. The van der Waals surface area contributed by atoms with Crippen LogP contribution < -0.4 is 10.2 Å². The number of sulfonamides is 1. The molecule has 182 valence electrons. The molecule has 2 aromatic rings. The van der Waals surface area contributed by atoms with Crippen molar-refractivity contribution in [2.45, 2.75) is 37.5 Å². The van der Waals surface area contributed by atoms with Gasteiger partial charge in [0, 0.05) is 63.1 Å². The molecule has 0 spiro atoms. The van der Waals surface area contributed by atoms with Gasteiger partial charge in [-0.3, -0.25) is 9.59 Å². The Balaban J connectivity index is 1.42. The fourth-order valence-corrected chi connectivity index (χ4v) is 5.95. The third-order valence-corrected chi connectivity index (χ3v) is 8.41. The van der Waals surface area contributed by atoms with Gasteiger partial charge in [-0.05, 0) is 55.3 Å². The zero-order valence-electron chi connectivity index (χ0n) is 19.6. The van der Waals surface area contributed by atoms with Gasteiger partial charge in [-0.15, -0.1) is 0 Å². The van der Waals surface area contributed by atoms with Crippen LogP contribution in [-0.4, -0.2) is 68.7 Å². The smallest absolute Gasteiger partial charge is 0.255 e. The first-order valence-electron chi connectivity index (χ1n) is 11.9. The molecule has 34 heavy (non-hydrogen) atoms. The van der Waals surface area contributed by atoms with Gasteiger partial charge in [0.1, 0.15) is 0 Å². The largest absolute Gasteiger partial charge is 0.372 e. The lowest BCUT2D eigenvalue weighted by Crippen LogP contribution is -2.49. The second-order valence-electron chi connectivity index (χ2n) is 8.84. The Morgan fingerprint density at radius 3 is 2.09 bits per heavy atom. The summed E-state index contributed by atoms with van der Waals surface area (Å²) in [4.78, 5) is 28.5. The van der Waals surface area contributed by atoms with E-state index in [1.807, 2.05) is 24.3 Å². The van der Waals surface area contributed by atoms with E-state index in [2.05, 4.69) is 10.2 Å². The molecule has 0 atom stereocenters. The Bertz CT molecular complexity index is 1120. The van der Waals surface area contributed by atoms with Crippen molar-refractivity contribution in [1.82, 2.24) is 9.21 Å². The van der Waals surface area contributed by atoms with Crippen molar-refractivity contribution in [2.24, 2.45) is 0 Å². The molecule has 0 bridgehead atoms. The van der Waals surface area contributed by atoms with Crippen molar-refractivity contribution >= 4 is 33.2 Å². The van der Waals surface area contributed by atoms with Crippen molar-refractivity contribution in [3.05, 3.63) is 54.1 Å². The normalized spacial score (nSPS) is 17.8. The van der Waals surface area contributed by atoms with Gasteiger partial charge >= 0.3 is 0 Å². The summed E-state index contributed by atoms with van der Waals surface area (Å²) in [6, 6.07) is 13.9. The van der Waals surface area contributed by atoms with Gasteiger partial charge in [0.15, 0.2) is 0 Å².